The Balaban J connectivity index is 1.42. The first-order chi connectivity index (χ1) is 16.4. The Bertz CT molecular complexity index is 1510. The lowest BCUT2D eigenvalue weighted by molar-refractivity contribution is 1.02. The molecule has 0 aliphatic heterocycles. The summed E-state index contributed by atoms with van der Waals surface area (Å²) in [5.41, 5.74) is 7.96. The lowest BCUT2D eigenvalue weighted by Gasteiger charge is -2.15. The van der Waals surface area contributed by atoms with Crippen LogP contribution in [0.15, 0.2) is 115 Å². The molecule has 0 unspecified atom stereocenters. The number of rotatable bonds is 5. The molecule has 6 rings (SSSR count). The Morgan fingerprint density at radius 2 is 1.27 bits per heavy atom. The van der Waals surface area contributed by atoms with Crippen LogP contribution in [0.2, 0.25) is 0 Å². The number of aromatic nitrogens is 1. The molecule has 1 heterocycles. The van der Waals surface area contributed by atoms with Gasteiger partial charge < -0.3 is 15.2 Å². The minimum absolute atomic E-state index is 1.04. The third-order valence-corrected chi connectivity index (χ3v) is 6.17. The molecule has 2 N–H and O–H groups in total. The molecule has 1 aliphatic rings. The summed E-state index contributed by atoms with van der Waals surface area (Å²) >= 11 is 0. The van der Waals surface area contributed by atoms with Crippen molar-refractivity contribution < 1.29 is 0 Å². The van der Waals surface area contributed by atoms with Crippen LogP contribution in [-0.2, 0) is 0 Å². The molecule has 0 saturated carbocycles. The normalized spacial score (nSPS) is 13.3. The summed E-state index contributed by atoms with van der Waals surface area (Å²) in [7, 11) is 0. The van der Waals surface area contributed by atoms with Gasteiger partial charge >= 0.3 is 0 Å². The number of nitrogens with zero attached hydrogens (tertiary/aromatic N) is 1. The maximum atomic E-state index is 3.64. The van der Waals surface area contributed by atoms with E-state index in [0.717, 1.165) is 35.6 Å². The van der Waals surface area contributed by atoms with Crippen LogP contribution in [0, 0.1) is 0 Å². The highest BCUT2D eigenvalue weighted by Crippen LogP contribution is 2.36. The molecule has 0 radical (unpaired) electrons. The number of nitrogens with one attached hydrogen (secondary N) is 2. The van der Waals surface area contributed by atoms with Crippen LogP contribution in [0.4, 0.5) is 22.7 Å². The lowest BCUT2D eigenvalue weighted by atomic mass is 10.1. The third-order valence-electron chi connectivity index (χ3n) is 6.17. The minimum atomic E-state index is 1.04. The summed E-state index contributed by atoms with van der Waals surface area (Å²) in [6.07, 6.45) is 9.05. The van der Waals surface area contributed by atoms with Gasteiger partial charge in [-0.3, -0.25) is 0 Å². The first-order valence-electron chi connectivity index (χ1n) is 11.5. The lowest BCUT2D eigenvalue weighted by Crippen LogP contribution is -1.98. The summed E-state index contributed by atoms with van der Waals surface area (Å²) in [5.74, 6) is 0. The van der Waals surface area contributed by atoms with E-state index in [9.17, 15) is 0 Å². The standard InChI is InChI=1S/C30H25N3/c1-3-11-22(12-4-1)31-27-16-8-9-17-28(27)32-23-19-20-30-26(21-23)25-15-7-10-18-29(25)33(30)24-13-5-2-6-14-24/h1,3-5,7-21,31-32H,2,6H2. The van der Waals surface area contributed by atoms with Gasteiger partial charge in [-0.05, 0) is 67.4 Å². The van der Waals surface area contributed by atoms with Gasteiger partial charge in [0.2, 0.25) is 0 Å². The summed E-state index contributed by atoms with van der Waals surface area (Å²) < 4.78 is 2.38. The maximum Gasteiger partial charge on any atom is 0.0623 e. The fraction of sp³-hybridized carbons (Fsp3) is 0.0667. The van der Waals surface area contributed by atoms with Gasteiger partial charge in [-0.25, -0.2) is 0 Å². The Kier molecular flexibility index (Phi) is 4.93. The zero-order valence-corrected chi connectivity index (χ0v) is 18.3. The molecule has 3 nitrogen and oxygen atoms in total. The van der Waals surface area contributed by atoms with Crippen molar-refractivity contribution in [3.63, 3.8) is 0 Å². The third kappa shape index (κ3) is 3.68. The van der Waals surface area contributed by atoms with Gasteiger partial charge in [-0.15, -0.1) is 0 Å². The molecular formula is C30H25N3. The van der Waals surface area contributed by atoms with E-state index in [1.165, 1.54) is 27.5 Å². The van der Waals surface area contributed by atoms with E-state index >= 15 is 0 Å². The van der Waals surface area contributed by atoms with Gasteiger partial charge in [0.05, 0.1) is 22.4 Å². The smallest absolute Gasteiger partial charge is 0.0623 e. The van der Waals surface area contributed by atoms with Crippen LogP contribution >= 0.6 is 0 Å². The van der Waals surface area contributed by atoms with Crippen LogP contribution in [0.3, 0.4) is 0 Å². The Hall–Kier alpha value is -4.24. The van der Waals surface area contributed by atoms with E-state index in [-0.39, 0.29) is 0 Å². The molecule has 0 bridgehead atoms. The van der Waals surface area contributed by atoms with Gasteiger partial charge in [0.1, 0.15) is 0 Å². The number of para-hydroxylation sites is 4. The van der Waals surface area contributed by atoms with E-state index in [0.29, 0.717) is 0 Å². The highest BCUT2D eigenvalue weighted by atomic mass is 15.0. The zero-order valence-electron chi connectivity index (χ0n) is 18.3. The molecule has 1 aliphatic carbocycles. The summed E-state index contributed by atoms with van der Waals surface area (Å²) in [5, 5.41) is 9.69. The molecule has 4 aromatic carbocycles. The molecule has 0 spiro atoms. The molecule has 0 amide bonds. The number of fused-ring (bicyclic) bond motifs is 3. The molecule has 0 fully saturated rings. The second-order valence-corrected chi connectivity index (χ2v) is 8.35. The van der Waals surface area contributed by atoms with Crippen molar-refractivity contribution in [1.82, 2.24) is 4.57 Å². The number of benzene rings is 4. The molecule has 5 aromatic rings. The number of hydrogen-bond acceptors (Lipinski definition) is 2. The largest absolute Gasteiger partial charge is 0.354 e. The van der Waals surface area contributed by atoms with Crippen molar-refractivity contribution in [2.45, 2.75) is 12.8 Å². The average Bonchev–Trinajstić information content (AvgIpc) is 3.20. The van der Waals surface area contributed by atoms with Gasteiger partial charge in [0.15, 0.2) is 0 Å². The quantitative estimate of drug-likeness (QED) is 0.294. The van der Waals surface area contributed by atoms with Gasteiger partial charge in [0.25, 0.3) is 0 Å². The zero-order chi connectivity index (χ0) is 22.0. The van der Waals surface area contributed by atoms with Crippen molar-refractivity contribution in [1.29, 1.82) is 0 Å². The van der Waals surface area contributed by atoms with Crippen molar-refractivity contribution in [2.24, 2.45) is 0 Å². The van der Waals surface area contributed by atoms with E-state index < -0.39 is 0 Å². The van der Waals surface area contributed by atoms with E-state index in [4.69, 9.17) is 0 Å². The van der Waals surface area contributed by atoms with Crippen LogP contribution in [0.5, 0.6) is 0 Å². The molecular weight excluding hydrogens is 402 g/mol. The van der Waals surface area contributed by atoms with Gasteiger partial charge in [0, 0.05) is 27.8 Å². The van der Waals surface area contributed by atoms with E-state index in [1.807, 2.05) is 18.2 Å². The van der Waals surface area contributed by atoms with Crippen molar-refractivity contribution in [3.8, 4) is 0 Å². The van der Waals surface area contributed by atoms with Crippen LogP contribution < -0.4 is 10.6 Å². The Morgan fingerprint density at radius 3 is 2.06 bits per heavy atom. The van der Waals surface area contributed by atoms with Crippen molar-refractivity contribution in [2.75, 3.05) is 10.6 Å². The van der Waals surface area contributed by atoms with Gasteiger partial charge in [-0.2, -0.15) is 0 Å². The van der Waals surface area contributed by atoms with Crippen LogP contribution in [0.1, 0.15) is 12.8 Å². The second kappa shape index (κ2) is 8.36. The first-order valence-corrected chi connectivity index (χ1v) is 11.5. The SMILES string of the molecule is C1=CC(n2c3ccccc3c3cc(Nc4ccccc4Nc4ccccc4)ccc32)=CCC1. The van der Waals surface area contributed by atoms with Crippen molar-refractivity contribution >= 4 is 50.3 Å². The fourth-order valence-electron chi connectivity index (χ4n) is 4.63. The average molecular weight is 428 g/mol. The minimum Gasteiger partial charge on any atom is -0.354 e. The number of allylic oxidation sites excluding steroid dienone is 4. The topological polar surface area (TPSA) is 29.0 Å². The molecule has 160 valence electrons. The van der Waals surface area contributed by atoms with Crippen LogP contribution in [0.25, 0.3) is 27.5 Å². The highest BCUT2D eigenvalue weighted by molar-refractivity contribution is 6.11. The summed E-state index contributed by atoms with van der Waals surface area (Å²) in [6.45, 7) is 0. The Labute approximate surface area is 193 Å². The first kappa shape index (κ1) is 19.4. The second-order valence-electron chi connectivity index (χ2n) is 8.35. The molecule has 1 aromatic heterocycles. The Morgan fingerprint density at radius 1 is 0.576 bits per heavy atom. The maximum absolute atomic E-state index is 3.64. The van der Waals surface area contributed by atoms with E-state index in [2.05, 4.69) is 112 Å². The highest BCUT2D eigenvalue weighted by Gasteiger charge is 2.14. The van der Waals surface area contributed by atoms with Gasteiger partial charge in [-0.1, -0.05) is 60.7 Å². The predicted octanol–water partition coefficient (Wildman–Crippen LogP) is 8.47. The molecule has 0 atom stereocenters. The summed E-state index contributed by atoms with van der Waals surface area (Å²) in [4.78, 5) is 0. The van der Waals surface area contributed by atoms with Crippen molar-refractivity contribution in [3.05, 3.63) is 115 Å². The monoisotopic (exact) mass is 427 g/mol. The molecule has 3 heteroatoms. The molecule has 0 saturated heterocycles. The fourth-order valence-corrected chi connectivity index (χ4v) is 4.63. The number of hydrogen-bond donors (Lipinski definition) is 2. The number of anilines is 4. The summed E-state index contributed by atoms with van der Waals surface area (Å²) in [6, 6.07) is 33.9. The predicted molar refractivity (Wildman–Crippen MR) is 142 cm³/mol. The van der Waals surface area contributed by atoms with E-state index in [1.54, 1.807) is 0 Å². The van der Waals surface area contributed by atoms with Crippen LogP contribution in [-0.4, -0.2) is 4.57 Å². The molecule has 33 heavy (non-hydrogen) atoms.